The Hall–Kier alpha value is -2.78. The minimum Gasteiger partial charge on any atom is -0.497 e. The number of methoxy groups -OCH3 is 2. The summed E-state index contributed by atoms with van der Waals surface area (Å²) < 4.78 is 15.7. The standard InChI is InChI=1S/C17H18N2O4/c1-21-6-5-19-17(20)14(10-18)8-12-7-13-3-4-15(22-2)9-16(13)23-11-12/h3-4,7-9H,5-6,11H2,1-2H3,(H,19,20)/b14-8+. The van der Waals surface area contributed by atoms with Gasteiger partial charge in [0.2, 0.25) is 0 Å². The van der Waals surface area contributed by atoms with E-state index in [4.69, 9.17) is 19.5 Å². The molecule has 0 aromatic heterocycles. The van der Waals surface area contributed by atoms with E-state index in [-0.39, 0.29) is 12.2 Å². The van der Waals surface area contributed by atoms with E-state index < -0.39 is 5.91 Å². The molecular weight excluding hydrogens is 296 g/mol. The van der Waals surface area contributed by atoms with Crippen molar-refractivity contribution in [3.8, 4) is 17.6 Å². The Morgan fingerprint density at radius 3 is 3.00 bits per heavy atom. The van der Waals surface area contributed by atoms with Gasteiger partial charge in [0.1, 0.15) is 29.7 Å². The second-order valence-corrected chi connectivity index (χ2v) is 4.83. The molecule has 0 atom stereocenters. The SMILES string of the molecule is COCCNC(=O)/C(C#N)=C/C1=Cc2ccc(OC)cc2OC1. The highest BCUT2D eigenvalue weighted by atomic mass is 16.5. The van der Waals surface area contributed by atoms with Gasteiger partial charge in [-0.15, -0.1) is 0 Å². The molecule has 0 radical (unpaired) electrons. The number of amides is 1. The first-order valence-corrected chi connectivity index (χ1v) is 7.08. The van der Waals surface area contributed by atoms with Crippen LogP contribution in [0, 0.1) is 11.3 Å². The van der Waals surface area contributed by atoms with Crippen molar-refractivity contribution in [1.82, 2.24) is 5.32 Å². The van der Waals surface area contributed by atoms with Crippen LogP contribution in [0.5, 0.6) is 11.5 Å². The van der Waals surface area contributed by atoms with Crippen molar-refractivity contribution in [2.24, 2.45) is 0 Å². The number of carbonyl (C=O) groups is 1. The largest absolute Gasteiger partial charge is 0.497 e. The minimum atomic E-state index is -0.425. The predicted octanol–water partition coefficient (Wildman–Crippen LogP) is 1.68. The second kappa shape index (κ2) is 8.01. The van der Waals surface area contributed by atoms with E-state index in [1.807, 2.05) is 24.3 Å². The van der Waals surface area contributed by atoms with Gasteiger partial charge in [0.15, 0.2) is 0 Å². The molecular formula is C17H18N2O4. The molecule has 1 aromatic carbocycles. The molecule has 0 saturated carbocycles. The second-order valence-electron chi connectivity index (χ2n) is 4.83. The van der Waals surface area contributed by atoms with E-state index in [0.717, 1.165) is 11.1 Å². The summed E-state index contributed by atoms with van der Waals surface area (Å²) in [7, 11) is 3.14. The van der Waals surface area contributed by atoms with E-state index in [1.54, 1.807) is 20.3 Å². The van der Waals surface area contributed by atoms with Crippen molar-refractivity contribution in [1.29, 1.82) is 5.26 Å². The van der Waals surface area contributed by atoms with Crippen molar-refractivity contribution in [3.63, 3.8) is 0 Å². The van der Waals surface area contributed by atoms with Crippen molar-refractivity contribution in [3.05, 3.63) is 41.0 Å². The number of carbonyl (C=O) groups excluding carboxylic acids is 1. The molecule has 2 rings (SSSR count). The van der Waals surface area contributed by atoms with Gasteiger partial charge in [-0.25, -0.2) is 0 Å². The molecule has 1 N–H and O–H groups in total. The molecule has 1 aliphatic heterocycles. The maximum absolute atomic E-state index is 11.9. The van der Waals surface area contributed by atoms with E-state index in [0.29, 0.717) is 24.7 Å². The van der Waals surface area contributed by atoms with Crippen LogP contribution in [0.2, 0.25) is 0 Å². The highest BCUT2D eigenvalue weighted by molar-refractivity contribution is 5.98. The number of nitrogens with one attached hydrogen (secondary N) is 1. The lowest BCUT2D eigenvalue weighted by atomic mass is 10.0. The zero-order valence-corrected chi connectivity index (χ0v) is 13.1. The van der Waals surface area contributed by atoms with Gasteiger partial charge in [0, 0.05) is 25.3 Å². The zero-order valence-electron chi connectivity index (χ0n) is 13.1. The first-order chi connectivity index (χ1) is 11.2. The van der Waals surface area contributed by atoms with Crippen LogP contribution in [0.4, 0.5) is 0 Å². The highest BCUT2D eigenvalue weighted by Gasteiger charge is 2.14. The van der Waals surface area contributed by atoms with Crippen LogP contribution in [0.25, 0.3) is 6.08 Å². The van der Waals surface area contributed by atoms with Crippen molar-refractivity contribution in [2.75, 3.05) is 34.0 Å². The minimum absolute atomic E-state index is 0.0351. The topological polar surface area (TPSA) is 80.6 Å². The van der Waals surface area contributed by atoms with Crippen molar-refractivity contribution >= 4 is 12.0 Å². The summed E-state index contributed by atoms with van der Waals surface area (Å²) in [5.41, 5.74) is 1.66. The van der Waals surface area contributed by atoms with Gasteiger partial charge in [0.05, 0.1) is 13.7 Å². The Labute approximate surface area is 135 Å². The van der Waals surface area contributed by atoms with E-state index in [9.17, 15) is 4.79 Å². The first kappa shape index (κ1) is 16.6. The number of rotatable bonds is 6. The summed E-state index contributed by atoms with van der Waals surface area (Å²) in [6.45, 7) is 1.04. The average molecular weight is 314 g/mol. The molecule has 6 nitrogen and oxygen atoms in total. The van der Waals surface area contributed by atoms with Gasteiger partial charge < -0.3 is 19.5 Å². The summed E-state index contributed by atoms with van der Waals surface area (Å²) in [5.74, 6) is 1.00. The van der Waals surface area contributed by atoms with Crippen LogP contribution in [0.1, 0.15) is 5.56 Å². The molecule has 1 amide bonds. The number of nitriles is 1. The van der Waals surface area contributed by atoms with Crippen LogP contribution in [0.15, 0.2) is 35.4 Å². The quantitative estimate of drug-likeness (QED) is 0.491. The van der Waals surface area contributed by atoms with Crippen LogP contribution in [-0.4, -0.2) is 39.9 Å². The molecule has 120 valence electrons. The fourth-order valence-electron chi connectivity index (χ4n) is 2.07. The van der Waals surface area contributed by atoms with Gasteiger partial charge in [-0.3, -0.25) is 4.79 Å². The van der Waals surface area contributed by atoms with Gasteiger partial charge in [-0.2, -0.15) is 5.26 Å². The fraction of sp³-hybridized carbons (Fsp3) is 0.294. The number of hydrogen-bond donors (Lipinski definition) is 1. The third-order valence-corrected chi connectivity index (χ3v) is 3.24. The normalized spacial score (nSPS) is 13.3. The van der Waals surface area contributed by atoms with Crippen LogP contribution in [-0.2, 0) is 9.53 Å². The monoisotopic (exact) mass is 314 g/mol. The van der Waals surface area contributed by atoms with Crippen LogP contribution >= 0.6 is 0 Å². The molecule has 0 unspecified atom stereocenters. The van der Waals surface area contributed by atoms with Crippen LogP contribution in [0.3, 0.4) is 0 Å². The van der Waals surface area contributed by atoms with Crippen LogP contribution < -0.4 is 14.8 Å². The molecule has 0 fully saturated rings. The molecule has 0 bridgehead atoms. The number of fused-ring (bicyclic) bond motifs is 1. The fourth-order valence-corrected chi connectivity index (χ4v) is 2.07. The van der Waals surface area contributed by atoms with Gasteiger partial charge in [-0.05, 0) is 29.9 Å². The third kappa shape index (κ3) is 4.34. The number of nitrogens with zero attached hydrogens (tertiary/aromatic N) is 1. The van der Waals surface area contributed by atoms with E-state index in [1.165, 1.54) is 6.08 Å². The van der Waals surface area contributed by atoms with E-state index >= 15 is 0 Å². The van der Waals surface area contributed by atoms with Crippen molar-refractivity contribution in [2.45, 2.75) is 0 Å². The Morgan fingerprint density at radius 2 is 2.30 bits per heavy atom. The van der Waals surface area contributed by atoms with Gasteiger partial charge in [-0.1, -0.05) is 0 Å². The molecule has 1 aliphatic rings. The molecule has 0 spiro atoms. The smallest absolute Gasteiger partial charge is 0.262 e. The lowest BCUT2D eigenvalue weighted by Gasteiger charge is -2.17. The number of ether oxygens (including phenoxy) is 3. The Morgan fingerprint density at radius 1 is 1.48 bits per heavy atom. The molecule has 1 aromatic rings. The molecule has 0 aliphatic carbocycles. The maximum atomic E-state index is 11.9. The summed E-state index contributed by atoms with van der Waals surface area (Å²) >= 11 is 0. The average Bonchev–Trinajstić information content (AvgIpc) is 2.59. The lowest BCUT2D eigenvalue weighted by Crippen LogP contribution is -2.28. The number of hydrogen-bond acceptors (Lipinski definition) is 5. The predicted molar refractivity (Wildman–Crippen MR) is 85.0 cm³/mol. The van der Waals surface area contributed by atoms with Crippen molar-refractivity contribution < 1.29 is 19.0 Å². The summed E-state index contributed by atoms with van der Waals surface area (Å²) in [6.07, 6.45) is 3.42. The highest BCUT2D eigenvalue weighted by Crippen LogP contribution is 2.30. The summed E-state index contributed by atoms with van der Waals surface area (Å²) in [4.78, 5) is 11.9. The lowest BCUT2D eigenvalue weighted by molar-refractivity contribution is -0.117. The maximum Gasteiger partial charge on any atom is 0.262 e. The molecule has 23 heavy (non-hydrogen) atoms. The Balaban J connectivity index is 2.15. The van der Waals surface area contributed by atoms with Gasteiger partial charge in [0.25, 0.3) is 5.91 Å². The summed E-state index contributed by atoms with van der Waals surface area (Å²) in [6, 6.07) is 7.41. The molecule has 0 saturated heterocycles. The van der Waals surface area contributed by atoms with E-state index in [2.05, 4.69) is 5.32 Å². The first-order valence-electron chi connectivity index (χ1n) is 7.08. The third-order valence-electron chi connectivity index (χ3n) is 3.24. The zero-order chi connectivity index (χ0) is 16.7. The Kier molecular flexibility index (Phi) is 5.78. The molecule has 1 heterocycles. The molecule has 6 heteroatoms. The Bertz CT molecular complexity index is 686. The summed E-state index contributed by atoms with van der Waals surface area (Å²) in [5, 5.41) is 11.8. The van der Waals surface area contributed by atoms with Gasteiger partial charge >= 0.3 is 0 Å². The number of benzene rings is 1.